The van der Waals surface area contributed by atoms with Gasteiger partial charge in [-0.1, -0.05) is 32.0 Å². The van der Waals surface area contributed by atoms with E-state index in [0.29, 0.717) is 18.7 Å². The summed E-state index contributed by atoms with van der Waals surface area (Å²) in [6.45, 7) is 4.99. The maximum absolute atomic E-state index is 11.2. The predicted octanol–water partition coefficient (Wildman–Crippen LogP) is 1.85. The Bertz CT molecular complexity index is 252. The van der Waals surface area contributed by atoms with Crippen LogP contribution in [-0.2, 0) is 32.7 Å². The second-order valence-electron chi connectivity index (χ2n) is 2.41. The van der Waals surface area contributed by atoms with E-state index in [4.69, 9.17) is 5.73 Å². The van der Waals surface area contributed by atoms with Gasteiger partial charge in [0.2, 0.25) is 0 Å². The van der Waals surface area contributed by atoms with Gasteiger partial charge in [0.05, 0.1) is 0 Å². The van der Waals surface area contributed by atoms with Crippen LogP contribution in [0.5, 0.6) is 0 Å². The van der Waals surface area contributed by atoms with Gasteiger partial charge in [-0.2, -0.15) is 0 Å². The first-order valence-electron chi connectivity index (χ1n) is 4.88. The number of nitrogens with one attached hydrogen (secondary N) is 1. The summed E-state index contributed by atoms with van der Waals surface area (Å²) < 4.78 is 0. The second kappa shape index (κ2) is 14.8. The zero-order valence-electron chi connectivity index (χ0n) is 10.4. The number of nitrogens with two attached hydrogens (primary N) is 1. The maximum Gasteiger partial charge on any atom is 0.251 e. The summed E-state index contributed by atoms with van der Waals surface area (Å²) in [5.41, 5.74) is 5.91. The Kier molecular flexibility index (Phi) is 19.4. The van der Waals surface area contributed by atoms with Crippen LogP contribution in [0.3, 0.4) is 0 Å². The van der Waals surface area contributed by atoms with Crippen LogP contribution in [0.15, 0.2) is 30.3 Å². The molecule has 1 amide bonds. The van der Waals surface area contributed by atoms with Crippen molar-refractivity contribution in [2.45, 2.75) is 13.8 Å². The van der Waals surface area contributed by atoms with Crippen molar-refractivity contribution in [3.63, 3.8) is 0 Å². The molecule has 0 aliphatic carbocycles. The zero-order chi connectivity index (χ0) is 10.8. The Morgan fingerprint density at radius 1 is 1.25 bits per heavy atom. The van der Waals surface area contributed by atoms with E-state index in [1.165, 1.54) is 0 Å². The van der Waals surface area contributed by atoms with Crippen molar-refractivity contribution < 1.29 is 37.5 Å². The molecule has 0 aromatic heterocycles. The topological polar surface area (TPSA) is 55.1 Å². The van der Waals surface area contributed by atoms with Gasteiger partial charge in [-0.05, 0) is 12.1 Å². The van der Waals surface area contributed by atoms with Gasteiger partial charge in [0.15, 0.2) is 0 Å². The minimum absolute atomic E-state index is 0. The number of rotatable bonds is 3. The van der Waals surface area contributed by atoms with E-state index in [1.807, 2.05) is 32.0 Å². The average molecular weight is 298 g/mol. The molecule has 4 heteroatoms. The Labute approximate surface area is 124 Å². The van der Waals surface area contributed by atoms with Crippen LogP contribution in [0, 0.1) is 7.43 Å². The molecular weight excluding hydrogens is 277 g/mol. The van der Waals surface area contributed by atoms with Crippen molar-refractivity contribution in [2.24, 2.45) is 5.73 Å². The first-order chi connectivity index (χ1) is 6.84. The molecule has 0 saturated heterocycles. The molecular formula is C12H21N2OY-. The first-order valence-corrected chi connectivity index (χ1v) is 4.88. The van der Waals surface area contributed by atoms with Crippen LogP contribution in [0.2, 0.25) is 0 Å². The fourth-order valence-electron chi connectivity index (χ4n) is 0.877. The van der Waals surface area contributed by atoms with Gasteiger partial charge in [-0.3, -0.25) is 4.79 Å². The average Bonchev–Trinajstić information content (AvgIpc) is 2.30. The van der Waals surface area contributed by atoms with Gasteiger partial charge in [-0.25, -0.2) is 0 Å². The SMILES string of the molecule is CC.NCCNC(=O)c1ccccc1.[CH3-].[Y]. The number of benzene rings is 1. The van der Waals surface area contributed by atoms with Crippen LogP contribution in [0.4, 0.5) is 0 Å². The van der Waals surface area contributed by atoms with Gasteiger partial charge >= 0.3 is 0 Å². The molecule has 1 radical (unpaired) electrons. The van der Waals surface area contributed by atoms with Crippen molar-refractivity contribution in [3.8, 4) is 0 Å². The smallest absolute Gasteiger partial charge is 0.251 e. The van der Waals surface area contributed by atoms with E-state index in [1.54, 1.807) is 12.1 Å². The molecule has 0 unspecified atom stereocenters. The standard InChI is InChI=1S/C9H12N2O.C2H6.CH3.Y/c10-6-7-11-9(12)8-4-2-1-3-5-8;1-2;;/h1-5H,6-7,10H2,(H,11,12);1-2H3;1H3;/q;;-1;. The summed E-state index contributed by atoms with van der Waals surface area (Å²) in [7, 11) is 0. The number of hydrogen-bond acceptors (Lipinski definition) is 2. The van der Waals surface area contributed by atoms with Crippen LogP contribution in [0.1, 0.15) is 24.2 Å². The molecule has 0 spiro atoms. The summed E-state index contributed by atoms with van der Waals surface area (Å²) in [5.74, 6) is -0.0685. The van der Waals surface area contributed by atoms with Gasteiger partial charge in [0.1, 0.15) is 0 Å². The van der Waals surface area contributed by atoms with E-state index in [2.05, 4.69) is 5.32 Å². The maximum atomic E-state index is 11.2. The van der Waals surface area contributed by atoms with E-state index in [-0.39, 0.29) is 46.0 Å². The van der Waals surface area contributed by atoms with Gasteiger partial charge < -0.3 is 18.5 Å². The number of hydrogen-bond donors (Lipinski definition) is 2. The van der Waals surface area contributed by atoms with Crippen molar-refractivity contribution in [1.29, 1.82) is 0 Å². The summed E-state index contributed by atoms with van der Waals surface area (Å²) >= 11 is 0. The van der Waals surface area contributed by atoms with E-state index in [9.17, 15) is 4.79 Å². The number of carbonyl (C=O) groups is 1. The molecule has 1 aromatic carbocycles. The molecule has 3 nitrogen and oxygen atoms in total. The van der Waals surface area contributed by atoms with Gasteiger partial charge in [0.25, 0.3) is 5.91 Å². The van der Waals surface area contributed by atoms with Crippen LogP contribution < -0.4 is 11.1 Å². The van der Waals surface area contributed by atoms with Crippen molar-refractivity contribution >= 4 is 5.91 Å². The molecule has 0 saturated carbocycles. The van der Waals surface area contributed by atoms with E-state index >= 15 is 0 Å². The van der Waals surface area contributed by atoms with E-state index < -0.39 is 0 Å². The summed E-state index contributed by atoms with van der Waals surface area (Å²) in [5, 5.41) is 2.68. The molecule has 0 atom stereocenters. The van der Waals surface area contributed by atoms with Crippen molar-refractivity contribution in [3.05, 3.63) is 43.3 Å². The molecule has 0 fully saturated rings. The van der Waals surface area contributed by atoms with Crippen LogP contribution in [0.25, 0.3) is 0 Å². The Morgan fingerprint density at radius 2 is 1.75 bits per heavy atom. The Hall–Kier alpha value is -0.246. The molecule has 1 aromatic rings. The third kappa shape index (κ3) is 9.01. The molecule has 16 heavy (non-hydrogen) atoms. The van der Waals surface area contributed by atoms with Crippen molar-refractivity contribution in [2.75, 3.05) is 13.1 Å². The molecule has 1 rings (SSSR count). The molecule has 0 aliphatic heterocycles. The quantitative estimate of drug-likeness (QED) is 0.837. The van der Waals surface area contributed by atoms with Gasteiger partial charge in [0, 0.05) is 51.4 Å². The molecule has 0 heterocycles. The first kappa shape index (κ1) is 21.1. The Morgan fingerprint density at radius 3 is 2.19 bits per heavy atom. The summed E-state index contributed by atoms with van der Waals surface area (Å²) in [6, 6.07) is 9.08. The monoisotopic (exact) mass is 298 g/mol. The molecule has 0 bridgehead atoms. The molecule has 3 N–H and O–H groups in total. The van der Waals surface area contributed by atoms with Crippen LogP contribution in [-0.4, -0.2) is 19.0 Å². The zero-order valence-corrected chi connectivity index (χ0v) is 13.2. The largest absolute Gasteiger partial charge is 0.358 e. The van der Waals surface area contributed by atoms with Crippen molar-refractivity contribution in [1.82, 2.24) is 5.32 Å². The Balaban J connectivity index is -0.000000399. The second-order valence-corrected chi connectivity index (χ2v) is 2.41. The minimum atomic E-state index is -0.0685. The van der Waals surface area contributed by atoms with E-state index in [0.717, 1.165) is 0 Å². The fourth-order valence-corrected chi connectivity index (χ4v) is 0.877. The molecule has 0 aliphatic rings. The van der Waals surface area contributed by atoms with Gasteiger partial charge in [-0.15, -0.1) is 0 Å². The fraction of sp³-hybridized carbons (Fsp3) is 0.333. The number of carbonyl (C=O) groups excluding carboxylic acids is 1. The third-order valence-electron chi connectivity index (χ3n) is 1.47. The third-order valence-corrected chi connectivity index (χ3v) is 1.47. The van der Waals surface area contributed by atoms with Crippen LogP contribution >= 0.6 is 0 Å². The molecule has 89 valence electrons. The predicted molar refractivity (Wildman–Crippen MR) is 65.6 cm³/mol. The minimum Gasteiger partial charge on any atom is -0.358 e. The summed E-state index contributed by atoms with van der Waals surface area (Å²) in [6.07, 6.45) is 0. The number of amides is 1. The summed E-state index contributed by atoms with van der Waals surface area (Å²) in [4.78, 5) is 11.2. The normalized spacial score (nSPS) is 7.44.